The van der Waals surface area contributed by atoms with Crippen LogP contribution in [0, 0.1) is 6.92 Å². The molecule has 1 aliphatic heterocycles. The lowest BCUT2D eigenvalue weighted by Gasteiger charge is -2.16. The molecule has 1 aromatic heterocycles. The molecule has 0 atom stereocenters. The highest BCUT2D eigenvalue weighted by molar-refractivity contribution is 6.06. The number of aromatic nitrogens is 2. The Kier molecular flexibility index (Phi) is 3.06. The van der Waals surface area contributed by atoms with Gasteiger partial charge in [0.05, 0.1) is 10.9 Å². The van der Waals surface area contributed by atoms with E-state index in [9.17, 15) is 4.79 Å². The first-order valence-corrected chi connectivity index (χ1v) is 7.91. The normalized spacial score (nSPS) is 15.2. The maximum Gasteiger partial charge on any atom is 0.234 e. The fourth-order valence-corrected chi connectivity index (χ4v) is 3.07. The number of carbonyl (C=O) groups is 1. The van der Waals surface area contributed by atoms with E-state index in [1.807, 2.05) is 63.2 Å². The third-order valence-corrected chi connectivity index (χ3v) is 4.49. The van der Waals surface area contributed by atoms with Crippen LogP contribution in [0.4, 0.5) is 17.2 Å². The molecule has 0 bridgehead atoms. The van der Waals surface area contributed by atoms with Gasteiger partial charge in [-0.2, -0.15) is 0 Å². The van der Waals surface area contributed by atoms with E-state index in [1.54, 1.807) is 0 Å². The molecule has 1 aliphatic rings. The Hall–Kier alpha value is -2.95. The highest BCUT2D eigenvalue weighted by atomic mass is 16.2. The lowest BCUT2D eigenvalue weighted by atomic mass is 9.86. The average Bonchev–Trinajstić information content (AvgIpc) is 2.77. The maximum atomic E-state index is 12.1. The number of anilines is 3. The van der Waals surface area contributed by atoms with Crippen molar-refractivity contribution in [3.63, 3.8) is 0 Å². The van der Waals surface area contributed by atoms with E-state index in [2.05, 4.69) is 20.6 Å². The zero-order valence-electron chi connectivity index (χ0n) is 13.8. The lowest BCUT2D eigenvalue weighted by Crippen LogP contribution is -2.26. The first-order chi connectivity index (χ1) is 11.4. The van der Waals surface area contributed by atoms with Crippen molar-refractivity contribution in [1.82, 2.24) is 9.97 Å². The third-order valence-electron chi connectivity index (χ3n) is 4.49. The van der Waals surface area contributed by atoms with Crippen molar-refractivity contribution in [2.24, 2.45) is 0 Å². The van der Waals surface area contributed by atoms with Gasteiger partial charge in [0.2, 0.25) is 5.91 Å². The first-order valence-electron chi connectivity index (χ1n) is 7.91. The fourth-order valence-electron chi connectivity index (χ4n) is 3.07. The highest BCUT2D eigenvalue weighted by Crippen LogP contribution is 2.39. The third kappa shape index (κ3) is 2.21. The van der Waals surface area contributed by atoms with Crippen LogP contribution in [-0.2, 0) is 10.2 Å². The molecule has 0 aliphatic carbocycles. The number of benzene rings is 2. The minimum atomic E-state index is -0.531. The van der Waals surface area contributed by atoms with Crippen LogP contribution in [0.5, 0.6) is 0 Å². The van der Waals surface area contributed by atoms with Crippen molar-refractivity contribution in [2.45, 2.75) is 26.2 Å². The molecule has 5 nitrogen and oxygen atoms in total. The van der Waals surface area contributed by atoms with E-state index in [1.165, 1.54) is 0 Å². The summed E-state index contributed by atoms with van der Waals surface area (Å²) in [4.78, 5) is 21.1. The monoisotopic (exact) mass is 318 g/mol. The molecule has 0 saturated heterocycles. The maximum absolute atomic E-state index is 12.1. The molecule has 3 aromatic rings. The molecule has 1 amide bonds. The van der Waals surface area contributed by atoms with Gasteiger partial charge < -0.3 is 10.6 Å². The van der Waals surface area contributed by atoms with E-state index in [0.29, 0.717) is 0 Å². The Labute approximate surface area is 140 Å². The van der Waals surface area contributed by atoms with Gasteiger partial charge in [-0.25, -0.2) is 9.97 Å². The van der Waals surface area contributed by atoms with Gasteiger partial charge in [0.1, 0.15) is 11.6 Å². The van der Waals surface area contributed by atoms with Crippen LogP contribution in [0.2, 0.25) is 0 Å². The van der Waals surface area contributed by atoms with Gasteiger partial charge in [-0.3, -0.25) is 4.79 Å². The van der Waals surface area contributed by atoms with Crippen LogP contribution in [0.3, 0.4) is 0 Å². The largest absolute Gasteiger partial charge is 0.340 e. The Morgan fingerprint density at radius 1 is 1.08 bits per heavy atom. The Morgan fingerprint density at radius 2 is 1.88 bits per heavy atom. The smallest absolute Gasteiger partial charge is 0.234 e. The van der Waals surface area contributed by atoms with E-state index >= 15 is 0 Å². The SMILES string of the molecule is Cc1nc(Nc2ccc3c(c2)C(C)(C)C(=O)N3)c2ccccc2n1. The summed E-state index contributed by atoms with van der Waals surface area (Å²) in [5.41, 5.74) is 3.15. The van der Waals surface area contributed by atoms with Crippen molar-refractivity contribution < 1.29 is 4.79 Å². The van der Waals surface area contributed by atoms with Crippen molar-refractivity contribution in [3.05, 3.63) is 53.9 Å². The minimum Gasteiger partial charge on any atom is -0.340 e. The molecule has 0 saturated carbocycles. The molecule has 0 radical (unpaired) electrons. The second-order valence-electron chi connectivity index (χ2n) is 6.60. The standard InChI is InChI=1S/C19H18N4O/c1-11-20-15-7-5-4-6-13(15)17(21-11)22-12-8-9-16-14(10-12)19(2,3)18(24)23-16/h4-10H,1-3H3,(H,23,24)(H,20,21,22). The van der Waals surface area contributed by atoms with Crippen LogP contribution >= 0.6 is 0 Å². The number of hydrogen-bond acceptors (Lipinski definition) is 4. The highest BCUT2D eigenvalue weighted by Gasteiger charge is 2.38. The molecule has 0 unspecified atom stereocenters. The number of aryl methyl sites for hydroxylation is 1. The van der Waals surface area contributed by atoms with Crippen molar-refractivity contribution >= 4 is 34.0 Å². The Morgan fingerprint density at radius 3 is 2.71 bits per heavy atom. The van der Waals surface area contributed by atoms with Gasteiger partial charge in [0.25, 0.3) is 0 Å². The summed E-state index contributed by atoms with van der Waals surface area (Å²) in [6.45, 7) is 5.75. The summed E-state index contributed by atoms with van der Waals surface area (Å²) >= 11 is 0. The number of fused-ring (bicyclic) bond motifs is 2. The van der Waals surface area contributed by atoms with E-state index < -0.39 is 5.41 Å². The second kappa shape index (κ2) is 5.03. The lowest BCUT2D eigenvalue weighted by molar-refractivity contribution is -0.119. The van der Waals surface area contributed by atoms with E-state index in [4.69, 9.17) is 0 Å². The van der Waals surface area contributed by atoms with Crippen LogP contribution in [0.1, 0.15) is 25.2 Å². The quantitative estimate of drug-likeness (QED) is 0.752. The molecule has 2 heterocycles. The topological polar surface area (TPSA) is 66.9 Å². The van der Waals surface area contributed by atoms with Crippen molar-refractivity contribution in [3.8, 4) is 0 Å². The molecule has 2 N–H and O–H groups in total. The van der Waals surface area contributed by atoms with Gasteiger partial charge in [-0.1, -0.05) is 12.1 Å². The molecule has 4 rings (SSSR count). The summed E-state index contributed by atoms with van der Waals surface area (Å²) in [6.07, 6.45) is 0. The van der Waals surface area contributed by atoms with Crippen LogP contribution in [0.15, 0.2) is 42.5 Å². The zero-order chi connectivity index (χ0) is 16.9. The number of nitrogens with one attached hydrogen (secondary N) is 2. The first kappa shape index (κ1) is 14.6. The molecular weight excluding hydrogens is 300 g/mol. The van der Waals surface area contributed by atoms with Gasteiger partial charge in [0, 0.05) is 16.8 Å². The second-order valence-corrected chi connectivity index (χ2v) is 6.60. The van der Waals surface area contributed by atoms with Crippen LogP contribution < -0.4 is 10.6 Å². The summed E-state index contributed by atoms with van der Waals surface area (Å²) in [5.74, 6) is 1.51. The summed E-state index contributed by atoms with van der Waals surface area (Å²) in [6, 6.07) is 13.8. The number of carbonyl (C=O) groups excluding carboxylic acids is 1. The summed E-state index contributed by atoms with van der Waals surface area (Å²) < 4.78 is 0. The van der Waals surface area contributed by atoms with Gasteiger partial charge in [-0.15, -0.1) is 0 Å². The van der Waals surface area contributed by atoms with E-state index in [-0.39, 0.29) is 5.91 Å². The molecule has 0 fully saturated rings. The molecule has 0 spiro atoms. The summed E-state index contributed by atoms with van der Waals surface area (Å²) in [5, 5.41) is 7.27. The molecular formula is C19H18N4O. The Bertz CT molecular complexity index is 978. The predicted molar refractivity (Wildman–Crippen MR) is 95.7 cm³/mol. The van der Waals surface area contributed by atoms with Gasteiger partial charge >= 0.3 is 0 Å². The van der Waals surface area contributed by atoms with Crippen molar-refractivity contribution in [2.75, 3.05) is 10.6 Å². The molecule has 2 aromatic carbocycles. The minimum absolute atomic E-state index is 0.0259. The van der Waals surface area contributed by atoms with Gasteiger partial charge in [-0.05, 0) is 56.7 Å². The molecule has 5 heteroatoms. The predicted octanol–water partition coefficient (Wildman–Crippen LogP) is 3.91. The van der Waals surface area contributed by atoms with Crippen molar-refractivity contribution in [1.29, 1.82) is 0 Å². The molecule has 120 valence electrons. The summed E-state index contributed by atoms with van der Waals surface area (Å²) in [7, 11) is 0. The van der Waals surface area contributed by atoms with Crippen LogP contribution in [0.25, 0.3) is 10.9 Å². The number of hydrogen-bond donors (Lipinski definition) is 2. The number of amides is 1. The van der Waals surface area contributed by atoms with Crippen LogP contribution in [-0.4, -0.2) is 15.9 Å². The number of rotatable bonds is 2. The zero-order valence-corrected chi connectivity index (χ0v) is 13.8. The van der Waals surface area contributed by atoms with E-state index in [0.717, 1.165) is 39.5 Å². The Balaban J connectivity index is 1.78. The van der Waals surface area contributed by atoms with Gasteiger partial charge in [0.15, 0.2) is 0 Å². The number of nitrogens with zero attached hydrogens (tertiary/aromatic N) is 2. The number of para-hydroxylation sites is 1. The average molecular weight is 318 g/mol. The molecule has 24 heavy (non-hydrogen) atoms. The fraction of sp³-hybridized carbons (Fsp3) is 0.211.